The van der Waals surface area contributed by atoms with Crippen LogP contribution in [0, 0.1) is 5.41 Å². The number of hydrogen-bond acceptors (Lipinski definition) is 5. The normalized spacial score (nSPS) is 23.7. The van der Waals surface area contributed by atoms with E-state index in [2.05, 4.69) is 14.9 Å². The third-order valence-electron chi connectivity index (χ3n) is 5.43. The lowest BCUT2D eigenvalue weighted by Crippen LogP contribution is -2.36. The van der Waals surface area contributed by atoms with Crippen LogP contribution in [0.1, 0.15) is 24.1 Å². The Hall–Kier alpha value is -2.47. The maximum Gasteiger partial charge on any atom is 0.230 e. The van der Waals surface area contributed by atoms with Gasteiger partial charge in [0, 0.05) is 37.6 Å². The number of anilines is 1. The van der Waals surface area contributed by atoms with Crippen LogP contribution in [0.5, 0.6) is 0 Å². The second kappa shape index (κ2) is 6.44. The molecular formula is C19H23N5O. The van der Waals surface area contributed by atoms with Gasteiger partial charge in [-0.15, -0.1) is 0 Å². The van der Waals surface area contributed by atoms with Crippen LogP contribution in [0.25, 0.3) is 0 Å². The minimum atomic E-state index is -0.230. The van der Waals surface area contributed by atoms with E-state index in [0.29, 0.717) is 12.4 Å². The first-order chi connectivity index (χ1) is 12.2. The van der Waals surface area contributed by atoms with Gasteiger partial charge in [0.25, 0.3) is 0 Å². The van der Waals surface area contributed by atoms with Crippen molar-refractivity contribution in [3.8, 4) is 0 Å². The molecule has 0 saturated carbocycles. The number of nitrogens with zero attached hydrogens (tertiary/aromatic N) is 4. The zero-order valence-electron chi connectivity index (χ0n) is 14.3. The Bertz CT molecular complexity index is 765. The van der Waals surface area contributed by atoms with Crippen molar-refractivity contribution in [2.24, 2.45) is 5.41 Å². The molecule has 2 N–H and O–H groups in total. The first kappa shape index (κ1) is 16.0. The number of rotatable bonds is 4. The molecule has 2 aliphatic heterocycles. The van der Waals surface area contributed by atoms with Gasteiger partial charge in [-0.3, -0.25) is 14.7 Å². The van der Waals surface area contributed by atoms with Gasteiger partial charge in [-0.05, 0) is 37.6 Å². The molecule has 2 fully saturated rings. The van der Waals surface area contributed by atoms with Crippen molar-refractivity contribution in [2.45, 2.75) is 25.9 Å². The molecule has 0 bridgehead atoms. The van der Waals surface area contributed by atoms with E-state index in [-0.39, 0.29) is 11.3 Å². The Morgan fingerprint density at radius 2 is 1.88 bits per heavy atom. The molecule has 0 radical (unpaired) electrons. The van der Waals surface area contributed by atoms with Crippen molar-refractivity contribution in [2.75, 3.05) is 25.4 Å². The van der Waals surface area contributed by atoms with Crippen LogP contribution in [0.2, 0.25) is 0 Å². The largest absolute Gasteiger partial charge is 0.383 e. The highest BCUT2D eigenvalue weighted by atomic mass is 16.2. The van der Waals surface area contributed by atoms with Crippen molar-refractivity contribution in [1.82, 2.24) is 19.8 Å². The highest BCUT2D eigenvalue weighted by molar-refractivity contribution is 5.85. The van der Waals surface area contributed by atoms with Crippen molar-refractivity contribution in [3.63, 3.8) is 0 Å². The number of pyridine rings is 2. The van der Waals surface area contributed by atoms with Crippen LogP contribution in [-0.2, 0) is 17.9 Å². The average Bonchev–Trinajstić information content (AvgIpc) is 3.17. The molecule has 2 saturated heterocycles. The number of hydrogen-bond donors (Lipinski definition) is 1. The van der Waals surface area contributed by atoms with Crippen LogP contribution in [0.15, 0.2) is 42.7 Å². The minimum Gasteiger partial charge on any atom is -0.383 e. The summed E-state index contributed by atoms with van der Waals surface area (Å²) in [6.07, 6.45) is 5.34. The minimum absolute atomic E-state index is 0.230. The van der Waals surface area contributed by atoms with E-state index in [1.165, 1.54) is 0 Å². The molecule has 0 aromatic carbocycles. The molecule has 2 aromatic heterocycles. The zero-order valence-corrected chi connectivity index (χ0v) is 14.3. The summed E-state index contributed by atoms with van der Waals surface area (Å²) in [5, 5.41) is 0. The van der Waals surface area contributed by atoms with Gasteiger partial charge in [0.05, 0.1) is 17.7 Å². The van der Waals surface area contributed by atoms with E-state index in [9.17, 15) is 4.79 Å². The molecule has 6 heteroatoms. The van der Waals surface area contributed by atoms with Gasteiger partial charge in [-0.25, -0.2) is 4.98 Å². The van der Waals surface area contributed by atoms with Gasteiger partial charge in [0.15, 0.2) is 0 Å². The van der Waals surface area contributed by atoms with E-state index in [0.717, 1.165) is 50.3 Å². The maximum absolute atomic E-state index is 13.0. The molecule has 1 unspecified atom stereocenters. The van der Waals surface area contributed by atoms with E-state index in [4.69, 9.17) is 5.73 Å². The first-order valence-electron chi connectivity index (χ1n) is 8.77. The fourth-order valence-electron chi connectivity index (χ4n) is 4.03. The molecule has 0 aliphatic carbocycles. The van der Waals surface area contributed by atoms with Crippen LogP contribution in [0.4, 0.5) is 5.82 Å². The smallest absolute Gasteiger partial charge is 0.230 e. The lowest BCUT2D eigenvalue weighted by Gasteiger charge is -2.24. The number of carbonyl (C=O) groups excluding carboxylic acids is 1. The molecule has 130 valence electrons. The molecule has 1 spiro atoms. The Morgan fingerprint density at radius 3 is 2.68 bits per heavy atom. The predicted octanol–water partition coefficient (Wildman–Crippen LogP) is 1.68. The third-order valence-corrected chi connectivity index (χ3v) is 5.43. The number of nitrogen functional groups attached to an aromatic ring is 1. The zero-order chi connectivity index (χ0) is 17.3. The van der Waals surface area contributed by atoms with Crippen molar-refractivity contribution >= 4 is 11.7 Å². The summed E-state index contributed by atoms with van der Waals surface area (Å²) in [5.41, 5.74) is 7.72. The Kier molecular flexibility index (Phi) is 4.13. The van der Waals surface area contributed by atoms with E-state index in [1.54, 1.807) is 12.4 Å². The summed E-state index contributed by atoms with van der Waals surface area (Å²) in [4.78, 5) is 25.8. The molecule has 4 rings (SSSR count). The average molecular weight is 337 g/mol. The molecule has 6 nitrogen and oxygen atoms in total. The van der Waals surface area contributed by atoms with E-state index in [1.807, 2.05) is 35.2 Å². The lowest BCUT2D eigenvalue weighted by molar-refractivity contribution is -0.136. The summed E-state index contributed by atoms with van der Waals surface area (Å²) >= 11 is 0. The Labute approximate surface area is 147 Å². The fraction of sp³-hybridized carbons (Fsp3) is 0.421. The van der Waals surface area contributed by atoms with Gasteiger partial charge >= 0.3 is 0 Å². The number of carbonyl (C=O) groups is 1. The number of likely N-dealkylation sites (tertiary alicyclic amines) is 2. The first-order valence-corrected chi connectivity index (χ1v) is 8.77. The predicted molar refractivity (Wildman–Crippen MR) is 95.2 cm³/mol. The molecule has 4 heterocycles. The number of amides is 1. The fourth-order valence-corrected chi connectivity index (χ4v) is 4.03. The molecular weight excluding hydrogens is 314 g/mol. The van der Waals surface area contributed by atoms with Crippen molar-refractivity contribution < 1.29 is 4.79 Å². The van der Waals surface area contributed by atoms with Gasteiger partial charge in [-0.1, -0.05) is 12.1 Å². The summed E-state index contributed by atoms with van der Waals surface area (Å²) in [6, 6.07) is 9.76. The van der Waals surface area contributed by atoms with Crippen LogP contribution >= 0.6 is 0 Å². The topological polar surface area (TPSA) is 75.3 Å². The van der Waals surface area contributed by atoms with Crippen LogP contribution < -0.4 is 5.73 Å². The molecule has 1 atom stereocenters. The molecule has 1 amide bonds. The monoisotopic (exact) mass is 337 g/mol. The quantitative estimate of drug-likeness (QED) is 0.919. The lowest BCUT2D eigenvalue weighted by atomic mass is 9.85. The van der Waals surface area contributed by atoms with Crippen molar-refractivity contribution in [3.05, 3.63) is 54.0 Å². The third kappa shape index (κ3) is 3.09. The van der Waals surface area contributed by atoms with Gasteiger partial charge in [-0.2, -0.15) is 0 Å². The summed E-state index contributed by atoms with van der Waals surface area (Å²) in [7, 11) is 0. The highest BCUT2D eigenvalue weighted by Crippen LogP contribution is 2.41. The standard InChI is InChI=1S/C19H23N5O/c20-17-15(4-3-9-22-17)12-23-10-6-19(14-23)7-11-24(18(19)25)13-16-5-1-2-8-21-16/h1-5,8-9H,6-7,10-14H2,(H2,20,22). The molecule has 2 aliphatic rings. The maximum atomic E-state index is 13.0. The SMILES string of the molecule is Nc1ncccc1CN1CCC2(CCN(Cc3ccccn3)C2=O)C1. The second-order valence-electron chi connectivity index (χ2n) is 7.09. The Morgan fingerprint density at radius 1 is 1.04 bits per heavy atom. The van der Waals surface area contributed by atoms with Gasteiger partial charge < -0.3 is 10.6 Å². The van der Waals surface area contributed by atoms with Crippen LogP contribution in [-0.4, -0.2) is 45.3 Å². The summed E-state index contributed by atoms with van der Waals surface area (Å²) in [6.45, 7) is 3.92. The molecule has 2 aromatic rings. The number of aromatic nitrogens is 2. The van der Waals surface area contributed by atoms with Gasteiger partial charge in [0.1, 0.15) is 5.82 Å². The Balaban J connectivity index is 1.42. The summed E-state index contributed by atoms with van der Waals surface area (Å²) < 4.78 is 0. The summed E-state index contributed by atoms with van der Waals surface area (Å²) in [5.74, 6) is 0.859. The van der Waals surface area contributed by atoms with Crippen molar-refractivity contribution in [1.29, 1.82) is 0 Å². The molecule has 25 heavy (non-hydrogen) atoms. The second-order valence-corrected chi connectivity index (χ2v) is 7.09. The number of nitrogens with two attached hydrogens (primary N) is 1. The van der Waals surface area contributed by atoms with E-state index < -0.39 is 0 Å². The highest BCUT2D eigenvalue weighted by Gasteiger charge is 2.50. The van der Waals surface area contributed by atoms with E-state index >= 15 is 0 Å². The van der Waals surface area contributed by atoms with Gasteiger partial charge in [0.2, 0.25) is 5.91 Å². The van der Waals surface area contributed by atoms with Crippen LogP contribution in [0.3, 0.4) is 0 Å².